The molecule has 0 spiro atoms. The molecule has 3 amide bonds. The van der Waals surface area contributed by atoms with E-state index in [1.807, 2.05) is 0 Å². The number of benzene rings is 1. The molecule has 5 N–H and O–H groups in total. The van der Waals surface area contributed by atoms with Crippen LogP contribution in [0.25, 0.3) is 0 Å². The van der Waals surface area contributed by atoms with E-state index in [0.717, 1.165) is 43.4 Å². The van der Waals surface area contributed by atoms with Crippen molar-refractivity contribution in [1.82, 2.24) is 10.2 Å². The predicted octanol–water partition coefficient (Wildman–Crippen LogP) is 2.74. The molecule has 2 atom stereocenters. The average Bonchev–Trinajstić information content (AvgIpc) is 2.92. The van der Waals surface area contributed by atoms with Crippen molar-refractivity contribution < 1.29 is 14.4 Å². The third kappa shape index (κ3) is 5.17. The Morgan fingerprint density at radius 1 is 0.964 bits per heavy atom. The average molecular weight is 389 g/mol. The molecule has 1 aromatic rings. The monoisotopic (exact) mass is 388 g/mol. The SMILES string of the molecule is CCCCCC(N)NC(=O)c1ccc2c(c1)C(=O)N(C(N)CCCCC)C2=O. The maximum absolute atomic E-state index is 12.7. The number of nitrogens with two attached hydrogens (primary N) is 2. The number of carbonyl (C=O) groups excluding carboxylic acids is 3. The van der Waals surface area contributed by atoms with Gasteiger partial charge in [0.05, 0.1) is 23.5 Å². The van der Waals surface area contributed by atoms with Crippen molar-refractivity contribution in [3.05, 3.63) is 34.9 Å². The van der Waals surface area contributed by atoms with Gasteiger partial charge >= 0.3 is 0 Å². The summed E-state index contributed by atoms with van der Waals surface area (Å²) < 4.78 is 0. The number of nitrogens with one attached hydrogen (secondary N) is 1. The number of carbonyl (C=O) groups is 3. The summed E-state index contributed by atoms with van der Waals surface area (Å²) in [6, 6.07) is 4.53. The van der Waals surface area contributed by atoms with Crippen molar-refractivity contribution in [3.63, 3.8) is 0 Å². The Labute approximate surface area is 166 Å². The number of unbranched alkanes of at least 4 members (excludes halogenated alkanes) is 4. The smallest absolute Gasteiger partial charge is 0.262 e. The summed E-state index contributed by atoms with van der Waals surface area (Å²) in [5, 5.41) is 2.74. The zero-order valence-electron chi connectivity index (χ0n) is 16.9. The first-order valence-corrected chi connectivity index (χ1v) is 10.2. The Hall–Kier alpha value is -2.25. The van der Waals surface area contributed by atoms with Crippen LogP contribution in [0.1, 0.15) is 96.3 Å². The van der Waals surface area contributed by atoms with E-state index in [0.29, 0.717) is 24.0 Å². The van der Waals surface area contributed by atoms with Crippen LogP contribution in [0.3, 0.4) is 0 Å². The van der Waals surface area contributed by atoms with Gasteiger partial charge < -0.3 is 16.8 Å². The van der Waals surface area contributed by atoms with Gasteiger partial charge in [0, 0.05) is 5.56 Å². The number of hydrogen-bond acceptors (Lipinski definition) is 5. The molecule has 2 unspecified atom stereocenters. The first-order chi connectivity index (χ1) is 13.4. The molecular weight excluding hydrogens is 356 g/mol. The van der Waals surface area contributed by atoms with Crippen LogP contribution in [0.4, 0.5) is 0 Å². The molecule has 2 rings (SSSR count). The molecular formula is C21H32N4O3. The van der Waals surface area contributed by atoms with E-state index < -0.39 is 24.1 Å². The second-order valence-corrected chi connectivity index (χ2v) is 7.38. The highest BCUT2D eigenvalue weighted by atomic mass is 16.2. The Morgan fingerprint density at radius 3 is 2.21 bits per heavy atom. The molecule has 28 heavy (non-hydrogen) atoms. The van der Waals surface area contributed by atoms with E-state index in [4.69, 9.17) is 11.5 Å². The molecule has 1 heterocycles. The summed E-state index contributed by atoms with van der Waals surface area (Å²) in [5.74, 6) is -1.18. The maximum atomic E-state index is 12.7. The fourth-order valence-corrected chi connectivity index (χ4v) is 3.37. The largest absolute Gasteiger partial charge is 0.337 e. The molecule has 0 saturated heterocycles. The van der Waals surface area contributed by atoms with Crippen LogP contribution in [0.5, 0.6) is 0 Å². The topological polar surface area (TPSA) is 119 Å². The van der Waals surface area contributed by atoms with Crippen molar-refractivity contribution in [2.45, 2.75) is 77.5 Å². The van der Waals surface area contributed by atoms with E-state index in [1.54, 1.807) is 6.07 Å². The minimum Gasteiger partial charge on any atom is -0.337 e. The lowest BCUT2D eigenvalue weighted by Gasteiger charge is -2.22. The second-order valence-electron chi connectivity index (χ2n) is 7.38. The van der Waals surface area contributed by atoms with E-state index in [9.17, 15) is 14.4 Å². The van der Waals surface area contributed by atoms with E-state index in [2.05, 4.69) is 19.2 Å². The van der Waals surface area contributed by atoms with Gasteiger partial charge in [0.15, 0.2) is 0 Å². The lowest BCUT2D eigenvalue weighted by molar-refractivity contribution is 0.0578. The van der Waals surface area contributed by atoms with Crippen LogP contribution >= 0.6 is 0 Å². The Bertz CT molecular complexity index is 720. The quantitative estimate of drug-likeness (QED) is 0.306. The van der Waals surface area contributed by atoms with Gasteiger partial charge in [0.2, 0.25) is 0 Å². The van der Waals surface area contributed by atoms with Crippen molar-refractivity contribution >= 4 is 17.7 Å². The Balaban J connectivity index is 2.07. The molecule has 0 aliphatic carbocycles. The first-order valence-electron chi connectivity index (χ1n) is 10.2. The Kier molecular flexibility index (Phi) is 8.14. The van der Waals surface area contributed by atoms with Crippen molar-refractivity contribution in [2.75, 3.05) is 0 Å². The van der Waals surface area contributed by atoms with Gasteiger partial charge in [-0.05, 0) is 31.0 Å². The number of hydrogen-bond donors (Lipinski definition) is 3. The number of fused-ring (bicyclic) bond motifs is 1. The lowest BCUT2D eigenvalue weighted by atomic mass is 10.0. The van der Waals surface area contributed by atoms with E-state index in [1.165, 1.54) is 12.1 Å². The molecule has 0 bridgehead atoms. The number of rotatable bonds is 11. The molecule has 0 radical (unpaired) electrons. The maximum Gasteiger partial charge on any atom is 0.262 e. The molecule has 7 heteroatoms. The van der Waals surface area contributed by atoms with Crippen molar-refractivity contribution in [2.24, 2.45) is 11.5 Å². The van der Waals surface area contributed by atoms with Gasteiger partial charge in [-0.25, -0.2) is 0 Å². The molecule has 0 aromatic heterocycles. The van der Waals surface area contributed by atoms with Gasteiger partial charge in [-0.15, -0.1) is 0 Å². The molecule has 1 aliphatic rings. The number of amides is 3. The molecule has 1 aromatic carbocycles. The predicted molar refractivity (Wildman–Crippen MR) is 109 cm³/mol. The van der Waals surface area contributed by atoms with Gasteiger partial charge in [-0.2, -0.15) is 0 Å². The van der Waals surface area contributed by atoms with Crippen LogP contribution in [-0.2, 0) is 0 Å². The van der Waals surface area contributed by atoms with E-state index >= 15 is 0 Å². The van der Waals surface area contributed by atoms with Crippen LogP contribution in [0.2, 0.25) is 0 Å². The second kappa shape index (κ2) is 10.3. The third-order valence-corrected chi connectivity index (χ3v) is 5.05. The van der Waals surface area contributed by atoms with Crippen LogP contribution in [0.15, 0.2) is 18.2 Å². The van der Waals surface area contributed by atoms with Crippen molar-refractivity contribution in [3.8, 4) is 0 Å². The fraction of sp³-hybridized carbons (Fsp3) is 0.571. The standard InChI is InChI=1S/C21H32N4O3/c1-3-5-7-9-17(22)24-19(26)14-11-12-15-16(13-14)21(28)25(20(15)27)18(23)10-8-6-4-2/h11-13,17-18H,3-10,22-23H2,1-2H3,(H,24,26). The zero-order valence-corrected chi connectivity index (χ0v) is 16.9. The summed E-state index contributed by atoms with van der Waals surface area (Å²) in [7, 11) is 0. The molecule has 7 nitrogen and oxygen atoms in total. The summed E-state index contributed by atoms with van der Waals surface area (Å²) in [5.41, 5.74) is 12.9. The highest BCUT2D eigenvalue weighted by Gasteiger charge is 2.39. The highest BCUT2D eigenvalue weighted by molar-refractivity contribution is 6.22. The Morgan fingerprint density at radius 2 is 1.57 bits per heavy atom. The summed E-state index contributed by atoms with van der Waals surface area (Å²) >= 11 is 0. The summed E-state index contributed by atoms with van der Waals surface area (Å²) in [6.07, 6.45) is 6.16. The van der Waals surface area contributed by atoms with Gasteiger partial charge in [-0.1, -0.05) is 52.4 Å². The summed E-state index contributed by atoms with van der Waals surface area (Å²) in [6.45, 7) is 4.18. The molecule has 1 aliphatic heterocycles. The highest BCUT2D eigenvalue weighted by Crippen LogP contribution is 2.26. The normalized spacial score (nSPS) is 15.5. The van der Waals surface area contributed by atoms with Crippen molar-refractivity contribution in [1.29, 1.82) is 0 Å². The third-order valence-electron chi connectivity index (χ3n) is 5.05. The molecule has 0 fully saturated rings. The minimum atomic E-state index is -0.650. The molecule has 154 valence electrons. The first kappa shape index (κ1) is 22.0. The van der Waals surface area contributed by atoms with Crippen LogP contribution in [0, 0.1) is 0 Å². The summed E-state index contributed by atoms with van der Waals surface area (Å²) in [4.78, 5) is 38.9. The van der Waals surface area contributed by atoms with Crippen LogP contribution in [-0.4, -0.2) is 35.0 Å². The minimum absolute atomic E-state index is 0.225. The number of imide groups is 1. The lowest BCUT2D eigenvalue weighted by Crippen LogP contribution is -2.45. The van der Waals surface area contributed by atoms with Gasteiger partial charge in [-0.3, -0.25) is 19.3 Å². The van der Waals surface area contributed by atoms with Crippen LogP contribution < -0.4 is 16.8 Å². The number of nitrogens with zero attached hydrogens (tertiary/aromatic N) is 1. The van der Waals surface area contributed by atoms with E-state index in [-0.39, 0.29) is 11.5 Å². The fourth-order valence-electron chi connectivity index (χ4n) is 3.37. The van der Waals surface area contributed by atoms with Gasteiger partial charge in [0.25, 0.3) is 17.7 Å². The molecule has 0 saturated carbocycles. The zero-order chi connectivity index (χ0) is 20.7. The van der Waals surface area contributed by atoms with Gasteiger partial charge in [0.1, 0.15) is 0 Å².